The molecule has 29 heavy (non-hydrogen) atoms. The zero-order chi connectivity index (χ0) is 21.4. The number of amides is 2. The summed E-state index contributed by atoms with van der Waals surface area (Å²) < 4.78 is 24.7. The van der Waals surface area contributed by atoms with Gasteiger partial charge in [-0.05, 0) is 37.1 Å². The van der Waals surface area contributed by atoms with Gasteiger partial charge in [-0.25, -0.2) is 0 Å². The van der Waals surface area contributed by atoms with Gasteiger partial charge in [-0.3, -0.25) is 19.4 Å². The molecular formula is C20H30F2N4O2S. The van der Waals surface area contributed by atoms with Gasteiger partial charge in [-0.2, -0.15) is 8.78 Å². The van der Waals surface area contributed by atoms with Gasteiger partial charge < -0.3 is 10.6 Å². The number of halogens is 2. The van der Waals surface area contributed by atoms with Gasteiger partial charge in [-0.1, -0.05) is 25.6 Å². The first-order valence-electron chi connectivity index (χ1n) is 9.83. The van der Waals surface area contributed by atoms with Crippen molar-refractivity contribution in [1.82, 2.24) is 15.1 Å². The monoisotopic (exact) mass is 428 g/mol. The van der Waals surface area contributed by atoms with Crippen LogP contribution in [0.15, 0.2) is 29.2 Å². The Bertz CT molecular complexity index is 665. The van der Waals surface area contributed by atoms with Crippen LogP contribution in [0.4, 0.5) is 14.5 Å². The van der Waals surface area contributed by atoms with Gasteiger partial charge in [0.05, 0.1) is 12.6 Å². The van der Waals surface area contributed by atoms with Crippen LogP contribution >= 0.6 is 11.8 Å². The maximum atomic E-state index is 12.5. The molecule has 0 spiro atoms. The van der Waals surface area contributed by atoms with Crippen molar-refractivity contribution in [3.8, 4) is 0 Å². The number of nitrogens with zero attached hydrogens (tertiary/aromatic N) is 2. The molecule has 2 amide bonds. The van der Waals surface area contributed by atoms with Crippen LogP contribution in [0.25, 0.3) is 0 Å². The van der Waals surface area contributed by atoms with Gasteiger partial charge in [0.2, 0.25) is 11.8 Å². The third-order valence-electron chi connectivity index (χ3n) is 4.76. The topological polar surface area (TPSA) is 64.7 Å². The van der Waals surface area contributed by atoms with Crippen molar-refractivity contribution < 1.29 is 18.4 Å². The fourth-order valence-electron chi connectivity index (χ4n) is 3.02. The molecular weight excluding hydrogens is 398 g/mol. The van der Waals surface area contributed by atoms with Crippen LogP contribution in [0, 0.1) is 5.92 Å². The Morgan fingerprint density at radius 2 is 1.69 bits per heavy atom. The number of carbonyl (C=O) groups is 2. The maximum absolute atomic E-state index is 12.5. The maximum Gasteiger partial charge on any atom is 0.288 e. The van der Waals surface area contributed by atoms with Gasteiger partial charge in [0.15, 0.2) is 0 Å². The highest BCUT2D eigenvalue weighted by Gasteiger charge is 2.26. The number of benzene rings is 1. The quantitative estimate of drug-likeness (QED) is 0.592. The van der Waals surface area contributed by atoms with Crippen molar-refractivity contribution >= 4 is 29.3 Å². The molecule has 9 heteroatoms. The molecule has 0 bridgehead atoms. The lowest BCUT2D eigenvalue weighted by atomic mass is 10.2. The van der Waals surface area contributed by atoms with Crippen LogP contribution in [-0.2, 0) is 9.59 Å². The van der Waals surface area contributed by atoms with E-state index in [9.17, 15) is 18.4 Å². The van der Waals surface area contributed by atoms with E-state index in [0.717, 1.165) is 13.1 Å². The molecule has 1 fully saturated rings. The van der Waals surface area contributed by atoms with E-state index in [1.54, 1.807) is 24.3 Å². The van der Waals surface area contributed by atoms with Crippen LogP contribution in [0.2, 0.25) is 0 Å². The van der Waals surface area contributed by atoms with Crippen molar-refractivity contribution in [3.63, 3.8) is 0 Å². The number of anilines is 1. The van der Waals surface area contributed by atoms with Crippen molar-refractivity contribution in [3.05, 3.63) is 24.3 Å². The third kappa shape index (κ3) is 8.28. The van der Waals surface area contributed by atoms with E-state index >= 15 is 0 Å². The average molecular weight is 429 g/mol. The molecule has 0 aromatic heterocycles. The fourth-order valence-corrected chi connectivity index (χ4v) is 3.52. The van der Waals surface area contributed by atoms with Crippen LogP contribution in [-0.4, -0.2) is 72.7 Å². The highest BCUT2D eigenvalue weighted by Crippen LogP contribution is 2.26. The summed E-state index contributed by atoms with van der Waals surface area (Å²) in [5, 5.41) is 5.76. The van der Waals surface area contributed by atoms with E-state index in [2.05, 4.69) is 34.3 Å². The standard InChI is InChI=1S/C20H30F2N4O2S/c1-14(2)12-23-18(27)13-25-8-10-26(11-9-25)15(3)19(28)24-16-4-6-17(7-5-16)29-20(21)22/h4-7,14-15,20H,8-13H2,1-3H3,(H,23,27)(H,24,28)/t15-/m0/s1. The second-order valence-corrected chi connectivity index (χ2v) is 8.64. The summed E-state index contributed by atoms with van der Waals surface area (Å²) in [6, 6.07) is 6.08. The zero-order valence-corrected chi connectivity index (χ0v) is 18.0. The van der Waals surface area contributed by atoms with Crippen LogP contribution in [0.3, 0.4) is 0 Å². The first-order valence-corrected chi connectivity index (χ1v) is 10.7. The predicted molar refractivity (Wildman–Crippen MR) is 112 cm³/mol. The van der Waals surface area contributed by atoms with Crippen molar-refractivity contribution in [1.29, 1.82) is 0 Å². The molecule has 2 N–H and O–H groups in total. The highest BCUT2D eigenvalue weighted by molar-refractivity contribution is 7.99. The molecule has 2 rings (SSSR count). The zero-order valence-electron chi connectivity index (χ0n) is 17.2. The molecule has 1 aromatic rings. The number of hydrogen-bond acceptors (Lipinski definition) is 5. The number of hydrogen-bond donors (Lipinski definition) is 2. The van der Waals surface area contributed by atoms with E-state index in [4.69, 9.17) is 0 Å². The van der Waals surface area contributed by atoms with E-state index in [1.807, 2.05) is 6.92 Å². The van der Waals surface area contributed by atoms with Crippen LogP contribution in [0.1, 0.15) is 20.8 Å². The largest absolute Gasteiger partial charge is 0.355 e. The fraction of sp³-hybridized carbons (Fsp3) is 0.600. The van der Waals surface area contributed by atoms with Crippen molar-refractivity contribution in [2.24, 2.45) is 5.92 Å². The number of rotatable bonds is 9. The predicted octanol–water partition coefficient (Wildman–Crippen LogP) is 2.72. The Hall–Kier alpha value is -1.71. The molecule has 162 valence electrons. The summed E-state index contributed by atoms with van der Waals surface area (Å²) in [4.78, 5) is 29.1. The summed E-state index contributed by atoms with van der Waals surface area (Å²) in [5.74, 6) is -2.14. The van der Waals surface area contributed by atoms with E-state index in [1.165, 1.54) is 0 Å². The second kappa shape index (κ2) is 11.5. The molecule has 6 nitrogen and oxygen atoms in total. The normalized spacial score (nSPS) is 16.8. The number of carbonyl (C=O) groups excluding carboxylic acids is 2. The molecule has 1 saturated heterocycles. The molecule has 1 atom stereocenters. The second-order valence-electron chi connectivity index (χ2n) is 7.58. The molecule has 1 heterocycles. The molecule has 0 radical (unpaired) electrons. The first kappa shape index (κ1) is 23.6. The van der Waals surface area contributed by atoms with Gasteiger partial charge in [0.25, 0.3) is 5.76 Å². The van der Waals surface area contributed by atoms with Gasteiger partial charge in [0, 0.05) is 43.3 Å². The molecule has 1 aromatic carbocycles. The first-order chi connectivity index (χ1) is 13.7. The molecule has 1 aliphatic heterocycles. The Kier molecular flexibility index (Phi) is 9.32. The van der Waals surface area contributed by atoms with E-state index in [-0.39, 0.29) is 17.9 Å². The number of thioether (sulfide) groups is 1. The number of piperazine rings is 1. The van der Waals surface area contributed by atoms with Gasteiger partial charge in [-0.15, -0.1) is 0 Å². The number of alkyl halides is 2. The Balaban J connectivity index is 1.76. The van der Waals surface area contributed by atoms with Crippen molar-refractivity contribution in [2.75, 3.05) is 44.6 Å². The average Bonchev–Trinajstić information content (AvgIpc) is 2.67. The SMILES string of the molecule is CC(C)CNC(=O)CN1CCN([C@@H](C)C(=O)Nc2ccc(SC(F)F)cc2)CC1. The summed E-state index contributed by atoms with van der Waals surface area (Å²) in [6.45, 7) is 9.89. The van der Waals surface area contributed by atoms with E-state index < -0.39 is 5.76 Å². The lowest BCUT2D eigenvalue weighted by molar-refractivity contribution is -0.124. The lowest BCUT2D eigenvalue weighted by Crippen LogP contribution is -2.54. The van der Waals surface area contributed by atoms with E-state index in [0.29, 0.717) is 54.4 Å². The Labute approximate surface area is 175 Å². The minimum absolute atomic E-state index is 0.0337. The van der Waals surface area contributed by atoms with Crippen molar-refractivity contribution in [2.45, 2.75) is 37.5 Å². The van der Waals surface area contributed by atoms with Gasteiger partial charge in [0.1, 0.15) is 0 Å². The van der Waals surface area contributed by atoms with Crippen LogP contribution < -0.4 is 10.6 Å². The Morgan fingerprint density at radius 3 is 2.24 bits per heavy atom. The third-order valence-corrected chi connectivity index (χ3v) is 5.48. The summed E-state index contributed by atoms with van der Waals surface area (Å²) in [6.07, 6.45) is 0. The molecule has 1 aliphatic rings. The molecule has 0 saturated carbocycles. The highest BCUT2D eigenvalue weighted by atomic mass is 32.2. The summed E-state index contributed by atoms with van der Waals surface area (Å²) >= 11 is 0.476. The van der Waals surface area contributed by atoms with Crippen LogP contribution in [0.5, 0.6) is 0 Å². The smallest absolute Gasteiger partial charge is 0.288 e. The molecule has 0 aliphatic carbocycles. The Morgan fingerprint density at radius 1 is 1.07 bits per heavy atom. The minimum Gasteiger partial charge on any atom is -0.355 e. The minimum atomic E-state index is -2.46. The lowest BCUT2D eigenvalue weighted by Gasteiger charge is -2.37. The molecule has 0 unspecified atom stereocenters. The summed E-state index contributed by atoms with van der Waals surface area (Å²) in [7, 11) is 0. The summed E-state index contributed by atoms with van der Waals surface area (Å²) in [5.41, 5.74) is 0.584. The number of nitrogens with one attached hydrogen (secondary N) is 2. The van der Waals surface area contributed by atoms with Gasteiger partial charge >= 0.3 is 0 Å².